The Labute approximate surface area is 146 Å². The molecular weight excluding hydrogens is 322 g/mol. The number of carbonyl (C=O) groups is 1. The molecule has 1 aromatic heterocycles. The van der Waals surface area contributed by atoms with Gasteiger partial charge in [0, 0.05) is 12.2 Å². The zero-order chi connectivity index (χ0) is 18.2. The molecule has 132 valence electrons. The number of hydrogen-bond donors (Lipinski definition) is 0. The van der Waals surface area contributed by atoms with E-state index in [1.165, 1.54) is 4.73 Å². The quantitative estimate of drug-likeness (QED) is 0.540. The van der Waals surface area contributed by atoms with Gasteiger partial charge in [-0.3, -0.25) is 0 Å². The Hall–Kier alpha value is -2.85. The molecule has 0 atom stereocenters. The van der Waals surface area contributed by atoms with Gasteiger partial charge in [-0.15, -0.1) is 0 Å². The van der Waals surface area contributed by atoms with Crippen LogP contribution in [0.3, 0.4) is 0 Å². The molecule has 0 aliphatic rings. The zero-order valence-corrected chi connectivity index (χ0v) is 14.6. The van der Waals surface area contributed by atoms with Crippen molar-refractivity contribution in [2.75, 3.05) is 26.4 Å². The summed E-state index contributed by atoms with van der Waals surface area (Å²) in [4.78, 5) is 22.5. The van der Waals surface area contributed by atoms with Gasteiger partial charge < -0.3 is 14.3 Å². The highest BCUT2D eigenvalue weighted by Crippen LogP contribution is 2.23. The Balaban J connectivity index is 2.45. The minimum atomic E-state index is -0.508. The number of aryl methyl sites for hydroxylation is 1. The van der Waals surface area contributed by atoms with E-state index in [1.54, 1.807) is 38.1 Å². The van der Waals surface area contributed by atoms with Crippen molar-refractivity contribution in [1.82, 2.24) is 9.71 Å². The summed E-state index contributed by atoms with van der Waals surface area (Å²) in [7, 11) is 0. The summed E-state index contributed by atoms with van der Waals surface area (Å²) in [5.41, 5.74) is 1.90. The second-order valence-corrected chi connectivity index (χ2v) is 5.11. The second kappa shape index (κ2) is 8.85. The van der Waals surface area contributed by atoms with E-state index in [2.05, 4.69) is 11.1 Å². The number of hydrogen-bond acceptors (Lipinski definition) is 6. The molecule has 0 fully saturated rings. The minimum Gasteiger partial charge on any atom is -0.461 e. The van der Waals surface area contributed by atoms with Crippen molar-refractivity contribution in [3.63, 3.8) is 0 Å². The number of rotatable bonds is 8. The maximum Gasteiger partial charge on any atom is 0.360 e. The highest BCUT2D eigenvalue weighted by molar-refractivity contribution is 5.89. The molecule has 0 bridgehead atoms. The largest absolute Gasteiger partial charge is 0.461 e. The molecule has 2 aromatic rings. The Bertz CT molecular complexity index is 777. The monoisotopic (exact) mass is 343 g/mol. The smallest absolute Gasteiger partial charge is 0.360 e. The molecule has 0 saturated carbocycles. The first-order valence-corrected chi connectivity index (χ1v) is 8.10. The number of carbonyl (C=O) groups excluding carboxylic acids is 1. The molecule has 0 saturated heterocycles. The van der Waals surface area contributed by atoms with Gasteiger partial charge in [-0.25, -0.2) is 9.78 Å². The van der Waals surface area contributed by atoms with Crippen LogP contribution in [0.5, 0.6) is 0 Å². The van der Waals surface area contributed by atoms with Crippen molar-refractivity contribution in [2.45, 2.75) is 20.8 Å². The minimum absolute atomic E-state index is 0.232. The van der Waals surface area contributed by atoms with Crippen LogP contribution in [0.15, 0.2) is 24.3 Å². The van der Waals surface area contributed by atoms with Gasteiger partial charge in [-0.05, 0) is 32.9 Å². The van der Waals surface area contributed by atoms with Gasteiger partial charge in [0.05, 0.1) is 30.5 Å². The standard InChI is InChI=1S/C18H21N3O4/c1-4-23-9-10-25-21-16(18(22)24-5-2)13(3)20-17(21)15-8-6-7-14(11-15)12-19/h6-8,11H,4-5,9-10H2,1-3H3. The van der Waals surface area contributed by atoms with E-state index in [0.717, 1.165) is 0 Å². The van der Waals surface area contributed by atoms with Gasteiger partial charge >= 0.3 is 5.97 Å². The molecule has 25 heavy (non-hydrogen) atoms. The fraction of sp³-hybridized carbons (Fsp3) is 0.389. The lowest BCUT2D eigenvalue weighted by atomic mass is 10.1. The lowest BCUT2D eigenvalue weighted by molar-refractivity contribution is 0.0297. The molecule has 0 spiro atoms. The van der Waals surface area contributed by atoms with Gasteiger partial charge in [0.15, 0.2) is 11.5 Å². The van der Waals surface area contributed by atoms with Crippen LogP contribution < -0.4 is 4.84 Å². The first kappa shape index (κ1) is 18.5. The van der Waals surface area contributed by atoms with Crippen molar-refractivity contribution in [3.05, 3.63) is 41.2 Å². The normalized spacial score (nSPS) is 10.3. The lowest BCUT2D eigenvalue weighted by Crippen LogP contribution is -2.23. The van der Waals surface area contributed by atoms with Crippen LogP contribution in [-0.4, -0.2) is 42.1 Å². The van der Waals surface area contributed by atoms with E-state index in [9.17, 15) is 4.79 Å². The number of nitriles is 1. The van der Waals surface area contributed by atoms with Crippen LogP contribution in [-0.2, 0) is 9.47 Å². The first-order valence-electron chi connectivity index (χ1n) is 8.10. The molecule has 7 nitrogen and oxygen atoms in total. The van der Waals surface area contributed by atoms with Crippen LogP contribution >= 0.6 is 0 Å². The van der Waals surface area contributed by atoms with E-state index in [0.29, 0.717) is 35.9 Å². The molecule has 1 aromatic carbocycles. The molecular formula is C18H21N3O4. The van der Waals surface area contributed by atoms with Crippen LogP contribution in [0.1, 0.15) is 35.6 Å². The van der Waals surface area contributed by atoms with E-state index in [-0.39, 0.29) is 18.9 Å². The van der Waals surface area contributed by atoms with Crippen molar-refractivity contribution >= 4 is 5.97 Å². The van der Waals surface area contributed by atoms with E-state index < -0.39 is 5.97 Å². The Kier molecular flexibility index (Phi) is 6.54. The summed E-state index contributed by atoms with van der Waals surface area (Å²) in [5, 5.41) is 9.10. The van der Waals surface area contributed by atoms with E-state index in [4.69, 9.17) is 19.6 Å². The summed E-state index contributed by atoms with van der Waals surface area (Å²) >= 11 is 0. The van der Waals surface area contributed by atoms with Crippen molar-refractivity contribution in [2.24, 2.45) is 0 Å². The molecule has 0 aliphatic heterocycles. The SMILES string of the molecule is CCOCCOn1c(-c2cccc(C#N)c2)nc(C)c1C(=O)OCC. The molecule has 0 N–H and O–H groups in total. The number of benzene rings is 1. The molecule has 1 heterocycles. The molecule has 2 rings (SSSR count). The van der Waals surface area contributed by atoms with Crippen LogP contribution in [0.2, 0.25) is 0 Å². The van der Waals surface area contributed by atoms with Crippen molar-refractivity contribution in [1.29, 1.82) is 5.26 Å². The van der Waals surface area contributed by atoms with Crippen LogP contribution in [0.25, 0.3) is 11.4 Å². The van der Waals surface area contributed by atoms with E-state index >= 15 is 0 Å². The molecule has 0 radical (unpaired) electrons. The van der Waals surface area contributed by atoms with Gasteiger partial charge in [0.2, 0.25) is 0 Å². The summed E-state index contributed by atoms with van der Waals surface area (Å²) < 4.78 is 11.7. The summed E-state index contributed by atoms with van der Waals surface area (Å²) in [5.74, 6) is -0.0688. The zero-order valence-electron chi connectivity index (χ0n) is 14.6. The molecule has 0 unspecified atom stereocenters. The third kappa shape index (κ3) is 4.37. The van der Waals surface area contributed by atoms with Crippen molar-refractivity contribution < 1.29 is 19.1 Å². The van der Waals surface area contributed by atoms with Gasteiger partial charge in [-0.2, -0.15) is 9.99 Å². The summed E-state index contributed by atoms with van der Waals surface area (Å²) in [6.45, 7) is 6.81. The third-order valence-electron chi connectivity index (χ3n) is 3.38. The number of ether oxygens (including phenoxy) is 2. The second-order valence-electron chi connectivity index (χ2n) is 5.11. The maximum absolute atomic E-state index is 12.3. The van der Waals surface area contributed by atoms with Crippen LogP contribution in [0.4, 0.5) is 0 Å². The summed E-state index contributed by atoms with van der Waals surface area (Å²) in [6.07, 6.45) is 0. The maximum atomic E-state index is 12.3. The predicted octanol–water partition coefficient (Wildman–Crippen LogP) is 2.37. The average Bonchev–Trinajstić information content (AvgIpc) is 2.95. The predicted molar refractivity (Wildman–Crippen MR) is 91.0 cm³/mol. The summed E-state index contributed by atoms with van der Waals surface area (Å²) in [6, 6.07) is 9.05. The first-order chi connectivity index (χ1) is 12.1. The lowest BCUT2D eigenvalue weighted by Gasteiger charge is -2.13. The Morgan fingerprint density at radius 3 is 2.76 bits per heavy atom. The average molecular weight is 343 g/mol. The number of esters is 1. The number of imidazole rings is 1. The molecule has 0 aliphatic carbocycles. The van der Waals surface area contributed by atoms with Gasteiger partial charge in [-0.1, -0.05) is 12.1 Å². The van der Waals surface area contributed by atoms with Crippen LogP contribution in [0, 0.1) is 18.3 Å². The Morgan fingerprint density at radius 1 is 1.28 bits per heavy atom. The van der Waals surface area contributed by atoms with Crippen molar-refractivity contribution in [3.8, 4) is 17.5 Å². The van der Waals surface area contributed by atoms with Gasteiger partial charge in [0.25, 0.3) is 0 Å². The van der Waals surface area contributed by atoms with Gasteiger partial charge in [0.1, 0.15) is 6.61 Å². The fourth-order valence-electron chi connectivity index (χ4n) is 2.31. The number of aromatic nitrogens is 2. The highest BCUT2D eigenvalue weighted by Gasteiger charge is 2.24. The topological polar surface area (TPSA) is 86.4 Å². The number of nitrogens with zero attached hydrogens (tertiary/aromatic N) is 3. The Morgan fingerprint density at radius 2 is 2.08 bits per heavy atom. The third-order valence-corrected chi connectivity index (χ3v) is 3.38. The molecule has 7 heteroatoms. The molecule has 0 amide bonds. The highest BCUT2D eigenvalue weighted by atomic mass is 16.7. The fourth-order valence-corrected chi connectivity index (χ4v) is 2.31. The van der Waals surface area contributed by atoms with E-state index in [1.807, 2.05) is 6.92 Å².